The molecule has 1 aliphatic heterocycles. The number of amides is 3. The Morgan fingerprint density at radius 2 is 1.83 bits per heavy atom. The van der Waals surface area contributed by atoms with Crippen LogP contribution in [0.3, 0.4) is 0 Å². The maximum atomic E-state index is 13.9. The van der Waals surface area contributed by atoms with Gasteiger partial charge in [-0.3, -0.25) is 9.69 Å². The highest BCUT2D eigenvalue weighted by atomic mass is 19.1. The third kappa shape index (κ3) is 3.69. The van der Waals surface area contributed by atoms with Crippen LogP contribution in [0.4, 0.5) is 9.18 Å². The average molecular weight is 405 g/mol. The molecule has 1 aromatic heterocycles. The van der Waals surface area contributed by atoms with Crippen molar-refractivity contribution in [1.82, 2.24) is 14.8 Å². The lowest BCUT2D eigenvalue weighted by Gasteiger charge is -2.12. The second kappa shape index (κ2) is 7.87. The molecule has 7 heteroatoms. The van der Waals surface area contributed by atoms with Gasteiger partial charge in [0.2, 0.25) is 0 Å². The van der Waals surface area contributed by atoms with Crippen LogP contribution >= 0.6 is 0 Å². The minimum atomic E-state index is -0.569. The summed E-state index contributed by atoms with van der Waals surface area (Å²) in [6, 6.07) is 15.0. The first-order valence-corrected chi connectivity index (χ1v) is 9.37. The number of benzene rings is 2. The van der Waals surface area contributed by atoms with Crippen LogP contribution in [0.2, 0.25) is 0 Å². The number of ether oxygens (including phenoxy) is 1. The van der Waals surface area contributed by atoms with E-state index in [9.17, 15) is 14.0 Å². The van der Waals surface area contributed by atoms with Gasteiger partial charge in [0.1, 0.15) is 17.3 Å². The second-order valence-corrected chi connectivity index (χ2v) is 6.95. The molecule has 0 saturated carbocycles. The van der Waals surface area contributed by atoms with E-state index in [0.717, 1.165) is 27.6 Å². The number of aromatic nitrogens is 1. The van der Waals surface area contributed by atoms with E-state index in [1.165, 1.54) is 6.07 Å². The summed E-state index contributed by atoms with van der Waals surface area (Å²) >= 11 is 0. The van der Waals surface area contributed by atoms with Gasteiger partial charge < -0.3 is 14.6 Å². The lowest BCUT2D eigenvalue weighted by Crippen LogP contribution is -2.30. The van der Waals surface area contributed by atoms with Crippen LogP contribution in [-0.4, -0.2) is 28.5 Å². The lowest BCUT2D eigenvalue weighted by atomic mass is 10.2. The number of halogens is 1. The molecule has 0 bridgehead atoms. The maximum absolute atomic E-state index is 13.9. The summed E-state index contributed by atoms with van der Waals surface area (Å²) in [4.78, 5) is 26.0. The molecule has 1 aliphatic rings. The van der Waals surface area contributed by atoms with Gasteiger partial charge in [-0.25, -0.2) is 9.18 Å². The fourth-order valence-electron chi connectivity index (χ4n) is 3.38. The Balaban J connectivity index is 1.57. The van der Waals surface area contributed by atoms with Gasteiger partial charge >= 0.3 is 6.03 Å². The van der Waals surface area contributed by atoms with Gasteiger partial charge in [0.05, 0.1) is 13.7 Å². The summed E-state index contributed by atoms with van der Waals surface area (Å²) in [5.74, 6) is -0.180. The number of nitrogens with zero attached hydrogens (tertiary/aromatic N) is 2. The molecule has 6 nitrogen and oxygen atoms in total. The number of hydrogen-bond acceptors (Lipinski definition) is 3. The molecular formula is C23H20FN3O3. The third-order valence-electron chi connectivity index (χ3n) is 4.94. The zero-order chi connectivity index (χ0) is 21.3. The van der Waals surface area contributed by atoms with Gasteiger partial charge in [0.25, 0.3) is 5.91 Å². The highest BCUT2D eigenvalue weighted by molar-refractivity contribution is 6.13. The molecular weight excluding hydrogens is 385 g/mol. The number of hydrogen-bond donors (Lipinski definition) is 1. The lowest BCUT2D eigenvalue weighted by molar-refractivity contribution is -0.123. The predicted molar refractivity (Wildman–Crippen MR) is 111 cm³/mol. The Kier molecular flexibility index (Phi) is 5.10. The summed E-state index contributed by atoms with van der Waals surface area (Å²) in [6.45, 7) is 1.83. The summed E-state index contributed by atoms with van der Waals surface area (Å²) < 4.78 is 21.1. The fraction of sp³-hybridized carbons (Fsp3) is 0.130. The van der Waals surface area contributed by atoms with E-state index in [0.29, 0.717) is 0 Å². The summed E-state index contributed by atoms with van der Waals surface area (Å²) in [7, 11) is 1.61. The van der Waals surface area contributed by atoms with E-state index < -0.39 is 17.8 Å². The van der Waals surface area contributed by atoms with Gasteiger partial charge in [-0.05, 0) is 55.0 Å². The van der Waals surface area contributed by atoms with Crippen LogP contribution in [0.15, 0.2) is 66.5 Å². The molecule has 0 aliphatic carbocycles. The first-order valence-electron chi connectivity index (χ1n) is 9.37. The van der Waals surface area contributed by atoms with E-state index >= 15 is 0 Å². The number of imide groups is 1. The highest BCUT2D eigenvalue weighted by Gasteiger charge is 2.34. The Labute approximate surface area is 173 Å². The van der Waals surface area contributed by atoms with Crippen LogP contribution in [0.25, 0.3) is 11.8 Å². The maximum Gasteiger partial charge on any atom is 0.329 e. The molecule has 0 unspecified atom stereocenters. The minimum absolute atomic E-state index is 0.124. The largest absolute Gasteiger partial charge is 0.497 e. The minimum Gasteiger partial charge on any atom is -0.497 e. The molecule has 1 N–H and O–H groups in total. The first-order chi connectivity index (χ1) is 14.5. The van der Waals surface area contributed by atoms with Crippen molar-refractivity contribution in [3.05, 3.63) is 89.1 Å². The molecule has 2 heterocycles. The van der Waals surface area contributed by atoms with Crippen LogP contribution < -0.4 is 10.1 Å². The Bertz CT molecular complexity index is 1150. The highest BCUT2D eigenvalue weighted by Crippen LogP contribution is 2.22. The van der Waals surface area contributed by atoms with Crippen molar-refractivity contribution in [3.8, 4) is 11.4 Å². The van der Waals surface area contributed by atoms with Crippen LogP contribution in [0.5, 0.6) is 5.75 Å². The Morgan fingerprint density at radius 1 is 1.10 bits per heavy atom. The SMILES string of the molecule is COc1ccc(-n2cc(/C=C3/NC(=O)N(Cc4ccccc4F)C3=O)cc2C)cc1. The van der Waals surface area contributed by atoms with E-state index in [1.807, 2.05) is 48.0 Å². The van der Waals surface area contributed by atoms with E-state index in [2.05, 4.69) is 5.32 Å². The first kappa shape index (κ1) is 19.4. The van der Waals surface area contributed by atoms with Crippen molar-refractivity contribution in [2.45, 2.75) is 13.5 Å². The van der Waals surface area contributed by atoms with Crippen molar-refractivity contribution >= 4 is 18.0 Å². The zero-order valence-corrected chi connectivity index (χ0v) is 16.6. The molecule has 3 aromatic rings. The van der Waals surface area contributed by atoms with E-state index in [-0.39, 0.29) is 17.8 Å². The van der Waals surface area contributed by atoms with Crippen molar-refractivity contribution in [1.29, 1.82) is 0 Å². The van der Waals surface area contributed by atoms with Crippen LogP contribution in [0.1, 0.15) is 16.8 Å². The number of carbonyl (C=O) groups is 2. The standard InChI is InChI=1S/C23H20FN3O3/c1-15-11-16(13-26(15)18-7-9-19(30-2)10-8-18)12-21-22(28)27(23(29)25-21)14-17-5-3-4-6-20(17)24/h3-13H,14H2,1-2H3,(H,25,29)/b21-12+. The molecule has 1 saturated heterocycles. The molecule has 1 fully saturated rings. The number of urea groups is 1. The number of methoxy groups -OCH3 is 1. The van der Waals surface area contributed by atoms with Crippen molar-refractivity contribution in [2.24, 2.45) is 0 Å². The quantitative estimate of drug-likeness (QED) is 0.515. The number of nitrogens with one attached hydrogen (secondary N) is 1. The molecule has 152 valence electrons. The number of carbonyl (C=O) groups excluding carboxylic acids is 2. The Hall–Kier alpha value is -3.87. The molecule has 2 aromatic carbocycles. The van der Waals surface area contributed by atoms with Gasteiger partial charge in [-0.15, -0.1) is 0 Å². The average Bonchev–Trinajstić information content (AvgIpc) is 3.23. The van der Waals surface area contributed by atoms with E-state index in [1.54, 1.807) is 31.4 Å². The van der Waals surface area contributed by atoms with Crippen molar-refractivity contribution in [3.63, 3.8) is 0 Å². The topological polar surface area (TPSA) is 63.6 Å². The molecule has 3 amide bonds. The van der Waals surface area contributed by atoms with Gasteiger partial charge in [0.15, 0.2) is 0 Å². The third-order valence-corrected chi connectivity index (χ3v) is 4.94. The van der Waals surface area contributed by atoms with Crippen LogP contribution in [0, 0.1) is 12.7 Å². The summed E-state index contributed by atoms with van der Waals surface area (Å²) in [5, 5.41) is 2.58. The second-order valence-electron chi connectivity index (χ2n) is 6.95. The van der Waals surface area contributed by atoms with Gasteiger partial charge in [-0.1, -0.05) is 18.2 Å². The molecule has 30 heavy (non-hydrogen) atoms. The zero-order valence-electron chi connectivity index (χ0n) is 16.6. The smallest absolute Gasteiger partial charge is 0.329 e. The number of aryl methyl sites for hydroxylation is 1. The monoisotopic (exact) mass is 405 g/mol. The van der Waals surface area contributed by atoms with Crippen molar-refractivity contribution in [2.75, 3.05) is 7.11 Å². The predicted octanol–water partition coefficient (Wildman–Crippen LogP) is 4.03. The molecule has 0 spiro atoms. The van der Waals surface area contributed by atoms with Crippen molar-refractivity contribution < 1.29 is 18.7 Å². The summed E-state index contributed by atoms with van der Waals surface area (Å²) in [6.07, 6.45) is 3.50. The Morgan fingerprint density at radius 3 is 2.53 bits per heavy atom. The molecule has 4 rings (SSSR count). The van der Waals surface area contributed by atoms with Gasteiger partial charge in [0, 0.05) is 23.1 Å². The van der Waals surface area contributed by atoms with Gasteiger partial charge in [-0.2, -0.15) is 0 Å². The number of rotatable bonds is 5. The molecule has 0 atom stereocenters. The summed E-state index contributed by atoms with van der Waals surface area (Å²) in [5.41, 5.74) is 3.11. The normalized spacial score (nSPS) is 15.0. The molecule has 0 radical (unpaired) electrons. The van der Waals surface area contributed by atoms with E-state index in [4.69, 9.17) is 4.74 Å². The fourth-order valence-corrected chi connectivity index (χ4v) is 3.38. The van der Waals surface area contributed by atoms with Crippen LogP contribution in [-0.2, 0) is 11.3 Å².